The molecule has 0 bridgehead atoms. The van der Waals surface area contributed by atoms with Gasteiger partial charge in [-0.15, -0.1) is 23.5 Å². The lowest BCUT2D eigenvalue weighted by Crippen LogP contribution is -2.47. The van der Waals surface area contributed by atoms with Crippen molar-refractivity contribution in [2.24, 2.45) is 0 Å². The molecule has 30 heavy (non-hydrogen) atoms. The zero-order chi connectivity index (χ0) is 21.0. The van der Waals surface area contributed by atoms with Gasteiger partial charge in [0.15, 0.2) is 0 Å². The van der Waals surface area contributed by atoms with Gasteiger partial charge in [-0.1, -0.05) is 87.5 Å². The Morgan fingerprint density at radius 1 is 0.800 bits per heavy atom. The van der Waals surface area contributed by atoms with E-state index >= 15 is 0 Å². The lowest BCUT2D eigenvalue weighted by Gasteiger charge is -2.28. The molecule has 1 radical (unpaired) electrons. The molecular formula is C26H29OS2Si. The summed E-state index contributed by atoms with van der Waals surface area (Å²) in [4.78, 5) is 0. The highest BCUT2D eigenvalue weighted by Gasteiger charge is 2.27. The van der Waals surface area contributed by atoms with Crippen LogP contribution in [0.15, 0.2) is 78.9 Å². The minimum Gasteiger partial charge on any atom is -0.532 e. The van der Waals surface area contributed by atoms with Gasteiger partial charge in [-0.25, -0.2) is 0 Å². The number of hydrogen-bond acceptors (Lipinski definition) is 3. The SMILES string of the molecule is CC(C)(C)c1cc(C2SCCCS2)ccc1O[Si](c1ccccc1)c1ccccc1. The molecule has 1 heterocycles. The van der Waals surface area contributed by atoms with Gasteiger partial charge in [0.05, 0.1) is 4.58 Å². The summed E-state index contributed by atoms with van der Waals surface area (Å²) in [5.74, 6) is 3.55. The van der Waals surface area contributed by atoms with Crippen LogP contribution in [-0.4, -0.2) is 20.5 Å². The summed E-state index contributed by atoms with van der Waals surface area (Å²) in [6, 6.07) is 28.3. The summed E-state index contributed by atoms with van der Waals surface area (Å²) in [7, 11) is -1.38. The predicted molar refractivity (Wildman–Crippen MR) is 136 cm³/mol. The van der Waals surface area contributed by atoms with Crippen LogP contribution in [0.2, 0.25) is 0 Å². The molecule has 3 aromatic carbocycles. The molecule has 4 rings (SSSR count). The first-order valence-corrected chi connectivity index (χ1v) is 14.1. The topological polar surface area (TPSA) is 9.23 Å². The van der Waals surface area contributed by atoms with Crippen LogP contribution in [0, 0.1) is 0 Å². The summed E-state index contributed by atoms with van der Waals surface area (Å²) in [5.41, 5.74) is 2.76. The molecule has 1 nitrogen and oxygen atoms in total. The predicted octanol–water partition coefficient (Wildman–Crippen LogP) is 6.04. The zero-order valence-corrected chi connectivity index (χ0v) is 20.6. The molecule has 1 aliphatic heterocycles. The summed E-state index contributed by atoms with van der Waals surface area (Å²) in [6.45, 7) is 6.87. The number of hydrogen-bond donors (Lipinski definition) is 0. The summed E-state index contributed by atoms with van der Waals surface area (Å²) >= 11 is 4.16. The van der Waals surface area contributed by atoms with E-state index in [4.69, 9.17) is 4.43 Å². The molecule has 0 aliphatic carbocycles. The first kappa shape index (κ1) is 21.6. The van der Waals surface area contributed by atoms with Crippen LogP contribution >= 0.6 is 23.5 Å². The third-order valence-electron chi connectivity index (χ3n) is 5.19. The smallest absolute Gasteiger partial charge is 0.352 e. The Kier molecular flexibility index (Phi) is 6.96. The van der Waals surface area contributed by atoms with Gasteiger partial charge in [-0.2, -0.15) is 0 Å². The van der Waals surface area contributed by atoms with Crippen LogP contribution in [0.1, 0.15) is 42.9 Å². The van der Waals surface area contributed by atoms with E-state index in [0.29, 0.717) is 4.58 Å². The monoisotopic (exact) mass is 449 g/mol. The van der Waals surface area contributed by atoms with Crippen LogP contribution in [0.3, 0.4) is 0 Å². The normalized spacial score (nSPS) is 15.3. The highest BCUT2D eigenvalue weighted by atomic mass is 32.2. The van der Waals surface area contributed by atoms with E-state index in [0.717, 1.165) is 5.75 Å². The molecular weight excluding hydrogens is 421 g/mol. The van der Waals surface area contributed by atoms with Crippen LogP contribution < -0.4 is 14.8 Å². The summed E-state index contributed by atoms with van der Waals surface area (Å²) in [5, 5.41) is 2.55. The Balaban J connectivity index is 1.72. The van der Waals surface area contributed by atoms with Crippen molar-refractivity contribution in [1.29, 1.82) is 0 Å². The fourth-order valence-corrected chi connectivity index (χ4v) is 8.45. The van der Waals surface area contributed by atoms with E-state index in [9.17, 15) is 0 Å². The van der Waals surface area contributed by atoms with Crippen molar-refractivity contribution in [1.82, 2.24) is 0 Å². The van der Waals surface area contributed by atoms with Crippen LogP contribution in [0.25, 0.3) is 0 Å². The van der Waals surface area contributed by atoms with Crippen molar-refractivity contribution in [3.63, 3.8) is 0 Å². The first-order valence-electron chi connectivity index (χ1n) is 10.6. The summed E-state index contributed by atoms with van der Waals surface area (Å²) < 4.78 is 7.42. The maximum atomic E-state index is 6.87. The quantitative estimate of drug-likeness (QED) is 0.440. The van der Waals surface area contributed by atoms with E-state index in [1.165, 1.54) is 39.4 Å². The van der Waals surface area contributed by atoms with Crippen molar-refractivity contribution in [2.75, 3.05) is 11.5 Å². The van der Waals surface area contributed by atoms with E-state index in [1.54, 1.807) is 0 Å². The maximum Gasteiger partial charge on any atom is 0.352 e. The number of rotatable bonds is 5. The Morgan fingerprint density at radius 2 is 1.37 bits per heavy atom. The molecule has 1 saturated heterocycles. The maximum absolute atomic E-state index is 6.87. The van der Waals surface area contributed by atoms with Crippen molar-refractivity contribution >= 4 is 42.9 Å². The third kappa shape index (κ3) is 5.16. The highest BCUT2D eigenvalue weighted by Crippen LogP contribution is 2.45. The van der Waals surface area contributed by atoms with Gasteiger partial charge in [0.2, 0.25) is 0 Å². The van der Waals surface area contributed by atoms with Crippen LogP contribution in [0.5, 0.6) is 5.75 Å². The van der Waals surface area contributed by atoms with Gasteiger partial charge in [0, 0.05) is 0 Å². The third-order valence-corrected chi connectivity index (χ3v) is 10.3. The zero-order valence-electron chi connectivity index (χ0n) is 17.9. The molecule has 0 unspecified atom stereocenters. The minimum atomic E-state index is -1.38. The molecule has 3 aromatic rings. The summed E-state index contributed by atoms with van der Waals surface area (Å²) in [6.07, 6.45) is 1.32. The number of benzene rings is 3. The number of thioether (sulfide) groups is 2. The molecule has 0 saturated carbocycles. The van der Waals surface area contributed by atoms with Gasteiger partial charge >= 0.3 is 9.04 Å². The Morgan fingerprint density at radius 3 is 1.90 bits per heavy atom. The molecule has 155 valence electrons. The minimum absolute atomic E-state index is 0.0235. The van der Waals surface area contributed by atoms with Crippen LogP contribution in [0.4, 0.5) is 0 Å². The Labute approximate surface area is 191 Å². The van der Waals surface area contributed by atoms with E-state index in [1.807, 2.05) is 0 Å². The van der Waals surface area contributed by atoms with Crippen molar-refractivity contribution in [3.8, 4) is 5.75 Å². The Hall–Kier alpha value is -1.62. The standard InChI is InChI=1S/C26H29OS2Si/c1-26(2,3)23-19-20(25-28-17-10-18-29-25)15-16-24(23)27-30(21-11-6-4-7-12-21)22-13-8-5-9-14-22/h4-9,11-16,19,25H,10,17-18H2,1-3H3. The van der Waals surface area contributed by atoms with Gasteiger partial charge < -0.3 is 4.43 Å². The molecule has 0 aromatic heterocycles. The molecule has 1 fully saturated rings. The molecule has 1 aliphatic rings. The second-order valence-corrected chi connectivity index (χ2v) is 13.3. The molecule has 4 heteroatoms. The fraction of sp³-hybridized carbons (Fsp3) is 0.308. The highest BCUT2D eigenvalue weighted by molar-refractivity contribution is 8.16. The van der Waals surface area contributed by atoms with Gasteiger partial charge in [-0.3, -0.25) is 0 Å². The lowest BCUT2D eigenvalue weighted by molar-refractivity contribution is 0.525. The van der Waals surface area contributed by atoms with Gasteiger partial charge in [-0.05, 0) is 57.0 Å². The van der Waals surface area contributed by atoms with Gasteiger partial charge in [0.25, 0.3) is 0 Å². The first-order chi connectivity index (χ1) is 14.5. The largest absolute Gasteiger partial charge is 0.532 e. The lowest BCUT2D eigenvalue weighted by atomic mass is 9.85. The van der Waals surface area contributed by atoms with E-state index in [2.05, 4.69) is 123 Å². The van der Waals surface area contributed by atoms with E-state index in [-0.39, 0.29) is 5.41 Å². The second-order valence-electron chi connectivity index (χ2n) is 8.60. The Bertz CT molecular complexity index is 908. The molecule has 0 N–H and O–H groups in total. The molecule has 0 spiro atoms. The van der Waals surface area contributed by atoms with Gasteiger partial charge in [0.1, 0.15) is 5.75 Å². The van der Waals surface area contributed by atoms with Crippen molar-refractivity contribution < 1.29 is 4.43 Å². The van der Waals surface area contributed by atoms with E-state index < -0.39 is 9.04 Å². The molecule has 0 atom stereocenters. The molecule has 0 amide bonds. The van der Waals surface area contributed by atoms with Crippen molar-refractivity contribution in [2.45, 2.75) is 37.2 Å². The average Bonchev–Trinajstić information content (AvgIpc) is 2.78. The second kappa shape index (κ2) is 9.67. The van der Waals surface area contributed by atoms with Crippen molar-refractivity contribution in [3.05, 3.63) is 90.0 Å². The fourth-order valence-electron chi connectivity index (χ4n) is 3.62. The average molecular weight is 450 g/mol. The van der Waals surface area contributed by atoms with Crippen LogP contribution in [-0.2, 0) is 5.41 Å².